The van der Waals surface area contributed by atoms with Crippen molar-refractivity contribution in [1.29, 1.82) is 0 Å². The minimum Gasteiger partial charge on any atom is -0.477 e. The van der Waals surface area contributed by atoms with Crippen molar-refractivity contribution in [3.63, 3.8) is 0 Å². The molecule has 1 aromatic heterocycles. The molecule has 3 unspecified atom stereocenters. The van der Waals surface area contributed by atoms with Gasteiger partial charge in [-0.05, 0) is 25.5 Å². The Morgan fingerprint density at radius 2 is 2.15 bits per heavy atom. The molecule has 1 amide bonds. The van der Waals surface area contributed by atoms with Crippen LogP contribution < -0.4 is 5.32 Å². The first-order valence-corrected chi connectivity index (χ1v) is 7.16. The monoisotopic (exact) mass is 299 g/mol. The van der Waals surface area contributed by atoms with Crippen LogP contribution in [0.15, 0.2) is 12.1 Å². The Morgan fingerprint density at radius 1 is 1.45 bits per heavy atom. The SMILES string of the molecule is CCOC1CC(NC(=O)c2ccc(C(=O)O)s2)C1OC. The summed E-state index contributed by atoms with van der Waals surface area (Å²) in [4.78, 5) is 23.3. The molecule has 0 saturated heterocycles. The second kappa shape index (κ2) is 6.34. The predicted octanol–water partition coefficient (Wildman–Crippen LogP) is 1.37. The molecule has 1 fully saturated rings. The molecule has 7 heteroatoms. The summed E-state index contributed by atoms with van der Waals surface area (Å²) < 4.78 is 10.8. The van der Waals surface area contributed by atoms with Crippen LogP contribution in [0.3, 0.4) is 0 Å². The number of nitrogens with one attached hydrogen (secondary N) is 1. The van der Waals surface area contributed by atoms with Gasteiger partial charge < -0.3 is 19.9 Å². The average molecular weight is 299 g/mol. The van der Waals surface area contributed by atoms with Crippen LogP contribution in [0, 0.1) is 0 Å². The number of hydrogen-bond acceptors (Lipinski definition) is 5. The van der Waals surface area contributed by atoms with Gasteiger partial charge in [-0.3, -0.25) is 4.79 Å². The van der Waals surface area contributed by atoms with Gasteiger partial charge in [-0.2, -0.15) is 0 Å². The van der Waals surface area contributed by atoms with E-state index >= 15 is 0 Å². The van der Waals surface area contributed by atoms with Crippen molar-refractivity contribution in [1.82, 2.24) is 5.32 Å². The summed E-state index contributed by atoms with van der Waals surface area (Å²) in [5.41, 5.74) is 0. The van der Waals surface area contributed by atoms with Gasteiger partial charge in [0, 0.05) is 13.7 Å². The molecule has 0 radical (unpaired) electrons. The Bertz CT molecular complexity index is 501. The molecule has 1 aliphatic rings. The summed E-state index contributed by atoms with van der Waals surface area (Å²) in [6, 6.07) is 2.85. The van der Waals surface area contributed by atoms with E-state index < -0.39 is 5.97 Å². The molecule has 6 nitrogen and oxygen atoms in total. The largest absolute Gasteiger partial charge is 0.477 e. The number of carbonyl (C=O) groups excluding carboxylic acids is 1. The maximum absolute atomic E-state index is 12.0. The first-order chi connectivity index (χ1) is 9.56. The van der Waals surface area contributed by atoms with E-state index in [-0.39, 0.29) is 29.0 Å². The summed E-state index contributed by atoms with van der Waals surface area (Å²) in [6.45, 7) is 2.52. The third-order valence-electron chi connectivity index (χ3n) is 3.26. The first kappa shape index (κ1) is 15.0. The highest BCUT2D eigenvalue weighted by molar-refractivity contribution is 7.15. The summed E-state index contributed by atoms with van der Waals surface area (Å²) in [6.07, 6.45) is 0.556. The zero-order valence-corrected chi connectivity index (χ0v) is 12.1. The number of rotatable bonds is 6. The third-order valence-corrected chi connectivity index (χ3v) is 4.33. The van der Waals surface area contributed by atoms with Gasteiger partial charge in [0.2, 0.25) is 0 Å². The number of aromatic carboxylic acids is 1. The van der Waals surface area contributed by atoms with Crippen LogP contribution in [-0.4, -0.2) is 48.9 Å². The molecule has 3 atom stereocenters. The summed E-state index contributed by atoms with van der Waals surface area (Å²) in [7, 11) is 1.59. The number of ether oxygens (including phenoxy) is 2. The fourth-order valence-electron chi connectivity index (χ4n) is 2.23. The summed E-state index contributed by atoms with van der Waals surface area (Å²) in [5.74, 6) is -1.30. The van der Waals surface area contributed by atoms with Gasteiger partial charge in [0.05, 0.1) is 17.0 Å². The van der Waals surface area contributed by atoms with Gasteiger partial charge in [-0.25, -0.2) is 4.79 Å². The standard InChI is InChI=1S/C13H17NO5S/c1-3-19-8-6-7(11(8)18-2)14-12(15)9-4-5-10(20-9)13(16)17/h4-5,7-8,11H,3,6H2,1-2H3,(H,14,15)(H,16,17). The van der Waals surface area contributed by atoms with Crippen molar-refractivity contribution in [2.75, 3.05) is 13.7 Å². The molecule has 0 bridgehead atoms. The Balaban J connectivity index is 1.93. The number of hydrogen-bond donors (Lipinski definition) is 2. The molecule has 20 heavy (non-hydrogen) atoms. The van der Waals surface area contributed by atoms with Crippen LogP contribution in [0.25, 0.3) is 0 Å². The lowest BCUT2D eigenvalue weighted by molar-refractivity contribution is -0.128. The van der Waals surface area contributed by atoms with Crippen LogP contribution in [0.1, 0.15) is 32.7 Å². The molecule has 1 saturated carbocycles. The highest BCUT2D eigenvalue weighted by Gasteiger charge is 2.43. The van der Waals surface area contributed by atoms with E-state index in [1.54, 1.807) is 7.11 Å². The van der Waals surface area contributed by atoms with E-state index in [4.69, 9.17) is 14.6 Å². The molecule has 0 aliphatic heterocycles. The number of thiophene rings is 1. The average Bonchev–Trinajstić information content (AvgIpc) is 2.87. The molecule has 1 aliphatic carbocycles. The highest BCUT2D eigenvalue weighted by Crippen LogP contribution is 2.27. The van der Waals surface area contributed by atoms with Gasteiger partial charge in [0.15, 0.2) is 0 Å². The maximum Gasteiger partial charge on any atom is 0.345 e. The van der Waals surface area contributed by atoms with E-state index in [0.717, 1.165) is 11.3 Å². The van der Waals surface area contributed by atoms with Gasteiger partial charge in [-0.1, -0.05) is 0 Å². The van der Waals surface area contributed by atoms with Gasteiger partial charge in [0.25, 0.3) is 5.91 Å². The summed E-state index contributed by atoms with van der Waals surface area (Å²) in [5, 5.41) is 11.7. The zero-order chi connectivity index (χ0) is 14.7. The smallest absolute Gasteiger partial charge is 0.345 e. The second-order valence-corrected chi connectivity index (χ2v) is 5.56. The van der Waals surface area contributed by atoms with Crippen LogP contribution in [0.5, 0.6) is 0 Å². The van der Waals surface area contributed by atoms with Crippen molar-refractivity contribution in [2.45, 2.75) is 31.6 Å². The van der Waals surface area contributed by atoms with Crippen LogP contribution in [0.2, 0.25) is 0 Å². The van der Waals surface area contributed by atoms with Gasteiger partial charge >= 0.3 is 5.97 Å². The minimum atomic E-state index is -1.02. The number of carbonyl (C=O) groups is 2. The van der Waals surface area contributed by atoms with Crippen molar-refractivity contribution in [3.8, 4) is 0 Å². The van der Waals surface area contributed by atoms with Gasteiger partial charge in [-0.15, -0.1) is 11.3 Å². The Morgan fingerprint density at radius 3 is 2.70 bits per heavy atom. The number of amides is 1. The fraction of sp³-hybridized carbons (Fsp3) is 0.538. The summed E-state index contributed by atoms with van der Waals surface area (Å²) >= 11 is 0.962. The minimum absolute atomic E-state index is 0.00761. The highest BCUT2D eigenvalue weighted by atomic mass is 32.1. The van der Waals surface area contributed by atoms with E-state index in [9.17, 15) is 9.59 Å². The van der Waals surface area contributed by atoms with Crippen LogP contribution >= 0.6 is 11.3 Å². The molecule has 110 valence electrons. The molecule has 2 rings (SSSR count). The lowest BCUT2D eigenvalue weighted by Gasteiger charge is -2.43. The number of carboxylic acid groups (broad SMARTS) is 1. The van der Waals surface area contributed by atoms with Crippen molar-refractivity contribution < 1.29 is 24.2 Å². The predicted molar refractivity (Wildman–Crippen MR) is 73.4 cm³/mol. The fourth-order valence-corrected chi connectivity index (χ4v) is 2.98. The molecule has 2 N–H and O–H groups in total. The number of carboxylic acids is 1. The van der Waals surface area contributed by atoms with E-state index in [1.165, 1.54) is 12.1 Å². The van der Waals surface area contributed by atoms with Crippen LogP contribution in [-0.2, 0) is 9.47 Å². The van der Waals surface area contributed by atoms with E-state index in [2.05, 4.69) is 5.32 Å². The normalized spacial score (nSPS) is 25.0. The first-order valence-electron chi connectivity index (χ1n) is 6.35. The topological polar surface area (TPSA) is 84.9 Å². The van der Waals surface area contributed by atoms with E-state index in [0.29, 0.717) is 17.9 Å². The number of methoxy groups -OCH3 is 1. The maximum atomic E-state index is 12.0. The van der Waals surface area contributed by atoms with E-state index in [1.807, 2.05) is 6.92 Å². The molecule has 0 aromatic carbocycles. The van der Waals surface area contributed by atoms with Crippen molar-refractivity contribution >= 4 is 23.2 Å². The molecular weight excluding hydrogens is 282 g/mol. The Labute approximate surface area is 120 Å². The quantitative estimate of drug-likeness (QED) is 0.828. The third kappa shape index (κ3) is 3.00. The van der Waals surface area contributed by atoms with Crippen molar-refractivity contribution in [2.24, 2.45) is 0 Å². The lowest BCUT2D eigenvalue weighted by Crippen LogP contribution is -2.60. The Hall–Kier alpha value is -1.44. The lowest BCUT2D eigenvalue weighted by atomic mass is 9.85. The van der Waals surface area contributed by atoms with Crippen molar-refractivity contribution in [3.05, 3.63) is 21.9 Å². The molecule has 1 aromatic rings. The second-order valence-electron chi connectivity index (χ2n) is 4.48. The molecule has 0 spiro atoms. The molecular formula is C13H17NO5S. The van der Waals surface area contributed by atoms with Crippen LogP contribution in [0.4, 0.5) is 0 Å². The molecule has 1 heterocycles. The Kier molecular flexibility index (Phi) is 4.74. The zero-order valence-electron chi connectivity index (χ0n) is 11.3. The van der Waals surface area contributed by atoms with Gasteiger partial charge in [0.1, 0.15) is 11.0 Å².